The molecule has 1 aliphatic rings. The van der Waals surface area contributed by atoms with Gasteiger partial charge in [0.05, 0.1) is 16.7 Å². The number of amides is 2. The second-order valence-corrected chi connectivity index (χ2v) is 9.32. The van der Waals surface area contributed by atoms with E-state index in [2.05, 4.69) is 0 Å². The van der Waals surface area contributed by atoms with E-state index in [9.17, 15) is 22.8 Å². The summed E-state index contributed by atoms with van der Waals surface area (Å²) in [5.41, 5.74) is -0.815. The quantitative estimate of drug-likeness (QED) is 0.579. The van der Waals surface area contributed by atoms with Gasteiger partial charge in [-0.2, -0.15) is 13.2 Å². The van der Waals surface area contributed by atoms with Crippen LogP contribution in [0.1, 0.15) is 32.3 Å². The Kier molecular flexibility index (Phi) is 9.01. The molecule has 1 heterocycles. The van der Waals surface area contributed by atoms with Gasteiger partial charge in [-0.05, 0) is 42.5 Å². The average Bonchev–Trinajstić information content (AvgIpc) is 2.69. The third kappa shape index (κ3) is 7.65. The normalized spacial score (nSPS) is 16.2. The highest BCUT2D eigenvalue weighted by Gasteiger charge is 2.31. The van der Waals surface area contributed by atoms with Crippen LogP contribution in [0.25, 0.3) is 0 Å². The zero-order valence-electron chi connectivity index (χ0n) is 16.2. The Morgan fingerprint density at radius 2 is 1.97 bits per heavy atom. The molecule has 29 heavy (non-hydrogen) atoms. The molecule has 1 atom stereocenters. The molecular weight excluding hydrogens is 427 g/mol. The third-order valence-electron chi connectivity index (χ3n) is 4.15. The SMILES string of the molecule is CCC(COc1cccc(C(F)(F)F)c1)OC(=O)N(CC1SCCCS1)C(C)=O. The predicted molar refractivity (Wildman–Crippen MR) is 108 cm³/mol. The second kappa shape index (κ2) is 11.0. The van der Waals surface area contributed by atoms with Crippen molar-refractivity contribution in [1.29, 1.82) is 0 Å². The van der Waals surface area contributed by atoms with E-state index in [0.29, 0.717) is 6.42 Å². The molecule has 10 heteroatoms. The summed E-state index contributed by atoms with van der Waals surface area (Å²) < 4.78 is 49.3. The van der Waals surface area contributed by atoms with Gasteiger partial charge in [0.2, 0.25) is 5.91 Å². The molecule has 0 aromatic heterocycles. The summed E-state index contributed by atoms with van der Waals surface area (Å²) in [6, 6.07) is 4.51. The maximum Gasteiger partial charge on any atom is 0.416 e. The molecule has 1 saturated heterocycles. The Bertz CT molecular complexity index is 696. The van der Waals surface area contributed by atoms with Crippen LogP contribution < -0.4 is 4.74 Å². The monoisotopic (exact) mass is 451 g/mol. The molecule has 1 aliphatic heterocycles. The average molecular weight is 452 g/mol. The van der Waals surface area contributed by atoms with E-state index >= 15 is 0 Å². The van der Waals surface area contributed by atoms with Crippen LogP contribution in [0.15, 0.2) is 24.3 Å². The summed E-state index contributed by atoms with van der Waals surface area (Å²) in [6.45, 7) is 3.22. The number of thioether (sulfide) groups is 2. The molecular formula is C19H24F3NO4S2. The van der Waals surface area contributed by atoms with Crippen molar-refractivity contribution in [3.8, 4) is 5.75 Å². The fourth-order valence-corrected chi connectivity index (χ4v) is 5.32. The lowest BCUT2D eigenvalue weighted by Crippen LogP contribution is -2.42. The van der Waals surface area contributed by atoms with Crippen LogP contribution in [0.3, 0.4) is 0 Å². The number of carbonyl (C=O) groups is 2. The van der Waals surface area contributed by atoms with Gasteiger partial charge in [0, 0.05) is 6.92 Å². The van der Waals surface area contributed by atoms with Crippen LogP contribution in [0.4, 0.5) is 18.0 Å². The van der Waals surface area contributed by atoms with Gasteiger partial charge in [0.15, 0.2) is 0 Å². The Labute approximate surface area is 176 Å². The number of ether oxygens (including phenoxy) is 2. The van der Waals surface area contributed by atoms with Gasteiger partial charge in [-0.15, -0.1) is 23.5 Å². The van der Waals surface area contributed by atoms with Gasteiger partial charge >= 0.3 is 12.3 Å². The molecule has 0 radical (unpaired) electrons. The maximum atomic E-state index is 12.8. The zero-order valence-corrected chi connectivity index (χ0v) is 17.9. The first-order valence-electron chi connectivity index (χ1n) is 9.22. The first-order valence-corrected chi connectivity index (χ1v) is 11.3. The maximum absolute atomic E-state index is 12.8. The first-order chi connectivity index (χ1) is 13.7. The molecule has 0 spiro atoms. The highest BCUT2D eigenvalue weighted by Crippen LogP contribution is 2.32. The van der Waals surface area contributed by atoms with Gasteiger partial charge in [0.25, 0.3) is 0 Å². The number of alkyl halides is 3. The summed E-state index contributed by atoms with van der Waals surface area (Å²) in [4.78, 5) is 25.5. The molecule has 1 fully saturated rings. The lowest BCUT2D eigenvalue weighted by Gasteiger charge is -2.28. The molecule has 2 amide bonds. The lowest BCUT2D eigenvalue weighted by molar-refractivity contribution is -0.137. The number of nitrogens with zero attached hydrogens (tertiary/aromatic N) is 1. The van der Waals surface area contributed by atoms with Crippen LogP contribution in [0, 0.1) is 0 Å². The van der Waals surface area contributed by atoms with Crippen molar-refractivity contribution < 1.29 is 32.2 Å². The van der Waals surface area contributed by atoms with Crippen molar-refractivity contribution in [2.45, 2.75) is 43.6 Å². The lowest BCUT2D eigenvalue weighted by atomic mass is 10.2. The van der Waals surface area contributed by atoms with Crippen molar-refractivity contribution in [3.63, 3.8) is 0 Å². The second-order valence-electron chi connectivity index (χ2n) is 6.40. The van der Waals surface area contributed by atoms with Gasteiger partial charge in [-0.25, -0.2) is 9.69 Å². The van der Waals surface area contributed by atoms with Crippen molar-refractivity contribution in [2.24, 2.45) is 0 Å². The minimum Gasteiger partial charge on any atom is -0.490 e. The van der Waals surface area contributed by atoms with Crippen molar-refractivity contribution in [2.75, 3.05) is 24.7 Å². The number of carbonyl (C=O) groups excluding carboxylic acids is 2. The van der Waals surface area contributed by atoms with E-state index in [0.717, 1.165) is 35.0 Å². The Morgan fingerprint density at radius 1 is 1.28 bits per heavy atom. The predicted octanol–water partition coefficient (Wildman–Crippen LogP) is 5.04. The van der Waals surface area contributed by atoms with E-state index in [4.69, 9.17) is 9.47 Å². The standard InChI is InChI=1S/C19H24F3NO4S2/c1-3-15(12-26-16-7-4-6-14(10-16)19(20,21)22)27-18(25)23(13(2)24)11-17-28-8-5-9-29-17/h4,6-7,10,15,17H,3,5,8-9,11-12H2,1-2H3. The molecule has 0 aliphatic carbocycles. The Hall–Kier alpha value is -1.55. The number of benzene rings is 1. The van der Waals surface area contributed by atoms with Gasteiger partial charge in [0.1, 0.15) is 18.5 Å². The number of hydrogen-bond donors (Lipinski definition) is 0. The fourth-order valence-electron chi connectivity index (χ4n) is 2.52. The van der Waals surface area contributed by atoms with Crippen molar-refractivity contribution >= 4 is 35.5 Å². The Morgan fingerprint density at radius 3 is 2.55 bits per heavy atom. The molecule has 5 nitrogen and oxygen atoms in total. The number of rotatable bonds is 7. The first kappa shape index (κ1) is 23.7. The number of hydrogen-bond acceptors (Lipinski definition) is 6. The van der Waals surface area contributed by atoms with Crippen LogP contribution in [0.5, 0.6) is 5.75 Å². The van der Waals surface area contributed by atoms with Gasteiger partial charge in [-0.3, -0.25) is 4.79 Å². The van der Waals surface area contributed by atoms with E-state index in [1.165, 1.54) is 19.1 Å². The molecule has 0 N–H and O–H groups in total. The van der Waals surface area contributed by atoms with E-state index in [-0.39, 0.29) is 23.5 Å². The summed E-state index contributed by atoms with van der Waals surface area (Å²) in [5.74, 6) is 1.60. The Balaban J connectivity index is 1.93. The summed E-state index contributed by atoms with van der Waals surface area (Å²) in [7, 11) is 0. The molecule has 162 valence electrons. The van der Waals surface area contributed by atoms with Crippen LogP contribution in [-0.4, -0.2) is 52.2 Å². The van der Waals surface area contributed by atoms with Gasteiger partial charge in [-0.1, -0.05) is 13.0 Å². The fraction of sp³-hybridized carbons (Fsp3) is 0.579. The van der Waals surface area contributed by atoms with Crippen LogP contribution >= 0.6 is 23.5 Å². The molecule has 1 aromatic rings. The molecule has 1 aromatic carbocycles. The summed E-state index contributed by atoms with van der Waals surface area (Å²) in [6.07, 6.45) is -4.42. The highest BCUT2D eigenvalue weighted by molar-refractivity contribution is 8.17. The van der Waals surface area contributed by atoms with E-state index < -0.39 is 29.8 Å². The van der Waals surface area contributed by atoms with E-state index in [1.807, 2.05) is 0 Å². The molecule has 0 saturated carbocycles. The molecule has 2 rings (SSSR count). The topological polar surface area (TPSA) is 55.8 Å². The summed E-state index contributed by atoms with van der Waals surface area (Å²) in [5, 5.41) is 0. The number of imide groups is 1. The van der Waals surface area contributed by atoms with Crippen LogP contribution in [0.2, 0.25) is 0 Å². The van der Waals surface area contributed by atoms with Gasteiger partial charge < -0.3 is 9.47 Å². The van der Waals surface area contributed by atoms with Crippen molar-refractivity contribution in [3.05, 3.63) is 29.8 Å². The highest BCUT2D eigenvalue weighted by atomic mass is 32.2. The largest absolute Gasteiger partial charge is 0.490 e. The zero-order chi connectivity index (χ0) is 21.4. The minimum absolute atomic E-state index is 0.0350. The third-order valence-corrected chi connectivity index (χ3v) is 7.06. The summed E-state index contributed by atoms with van der Waals surface area (Å²) >= 11 is 3.41. The van der Waals surface area contributed by atoms with Crippen molar-refractivity contribution in [1.82, 2.24) is 4.90 Å². The smallest absolute Gasteiger partial charge is 0.416 e. The number of halogens is 3. The molecule has 1 unspecified atom stereocenters. The van der Waals surface area contributed by atoms with E-state index in [1.54, 1.807) is 30.4 Å². The molecule has 0 bridgehead atoms. The van der Waals surface area contributed by atoms with Crippen LogP contribution in [-0.2, 0) is 15.7 Å². The minimum atomic E-state index is -4.47.